The predicted octanol–water partition coefficient (Wildman–Crippen LogP) is 0.471. The molecule has 0 amide bonds. The highest BCUT2D eigenvalue weighted by molar-refractivity contribution is 8.33. The largest absolute Gasteiger partial charge is 0.388 e. The first-order chi connectivity index (χ1) is 8.43. The number of nitrogens with two attached hydrogens (primary N) is 3. The topological polar surface area (TPSA) is 111 Å². The molecule has 18 heavy (non-hydrogen) atoms. The maximum absolute atomic E-state index is 10.4. The fraction of sp³-hybridized carbons (Fsp3) is 0.900. The summed E-state index contributed by atoms with van der Waals surface area (Å²) in [5, 5.41) is 10.4. The van der Waals surface area contributed by atoms with Crippen molar-refractivity contribution < 1.29 is 5.11 Å². The van der Waals surface area contributed by atoms with Crippen molar-refractivity contribution in [2.24, 2.45) is 22.2 Å². The second kappa shape index (κ2) is 9.19. The summed E-state index contributed by atoms with van der Waals surface area (Å²) >= 11 is 4.88. The summed E-state index contributed by atoms with van der Waals surface area (Å²) < 4.78 is -0.310. The van der Waals surface area contributed by atoms with Crippen LogP contribution in [0.5, 0.6) is 0 Å². The SMILES string of the molecule is CSC(SC)(SC)C(O)[C@@H](N)CCCN=C(N)N. The zero-order valence-electron chi connectivity index (χ0n) is 11.1. The highest BCUT2D eigenvalue weighted by atomic mass is 32.3. The van der Waals surface area contributed by atoms with Crippen molar-refractivity contribution in [2.45, 2.75) is 28.4 Å². The minimum absolute atomic E-state index is 0.0933. The third kappa shape index (κ3) is 5.48. The lowest BCUT2D eigenvalue weighted by molar-refractivity contribution is 0.149. The Labute approximate surface area is 122 Å². The van der Waals surface area contributed by atoms with E-state index in [0.29, 0.717) is 13.0 Å². The maximum atomic E-state index is 10.4. The van der Waals surface area contributed by atoms with Crippen molar-refractivity contribution in [3.8, 4) is 0 Å². The Morgan fingerprint density at radius 1 is 1.22 bits per heavy atom. The molecule has 0 fully saturated rings. The van der Waals surface area contributed by atoms with Crippen molar-refractivity contribution in [1.82, 2.24) is 0 Å². The Morgan fingerprint density at radius 2 is 1.72 bits per heavy atom. The Balaban J connectivity index is 4.31. The van der Waals surface area contributed by atoms with Crippen LogP contribution in [0.1, 0.15) is 12.8 Å². The molecule has 0 saturated carbocycles. The lowest BCUT2D eigenvalue weighted by Gasteiger charge is -2.36. The predicted molar refractivity (Wildman–Crippen MR) is 87.2 cm³/mol. The molecule has 0 aromatic carbocycles. The molecule has 8 heteroatoms. The first-order valence-corrected chi connectivity index (χ1v) is 9.25. The van der Waals surface area contributed by atoms with Crippen molar-refractivity contribution in [3.63, 3.8) is 0 Å². The molecule has 108 valence electrons. The molecular formula is C10H24N4OS3. The van der Waals surface area contributed by atoms with Crippen molar-refractivity contribution in [1.29, 1.82) is 0 Å². The summed E-state index contributed by atoms with van der Waals surface area (Å²) in [5.41, 5.74) is 16.5. The van der Waals surface area contributed by atoms with Gasteiger partial charge in [-0.1, -0.05) is 0 Å². The quantitative estimate of drug-likeness (QED) is 0.212. The van der Waals surface area contributed by atoms with Crippen LogP contribution in [0, 0.1) is 0 Å². The number of hydrogen-bond acceptors (Lipinski definition) is 6. The van der Waals surface area contributed by atoms with Crippen LogP contribution in [0.25, 0.3) is 0 Å². The number of hydrogen-bond donors (Lipinski definition) is 4. The smallest absolute Gasteiger partial charge is 0.185 e. The van der Waals surface area contributed by atoms with E-state index in [2.05, 4.69) is 4.99 Å². The zero-order chi connectivity index (χ0) is 14.2. The molecule has 7 N–H and O–H groups in total. The summed E-state index contributed by atoms with van der Waals surface area (Å²) in [6, 6.07) is -0.272. The minimum atomic E-state index is -0.572. The number of aliphatic imine (C=N–C) groups is 1. The van der Waals surface area contributed by atoms with Crippen LogP contribution < -0.4 is 17.2 Å². The van der Waals surface area contributed by atoms with Gasteiger partial charge in [0, 0.05) is 12.6 Å². The molecule has 0 aromatic heterocycles. The van der Waals surface area contributed by atoms with E-state index in [1.54, 1.807) is 35.3 Å². The molecule has 5 nitrogen and oxygen atoms in total. The van der Waals surface area contributed by atoms with Crippen LogP contribution in [-0.2, 0) is 0 Å². The maximum Gasteiger partial charge on any atom is 0.185 e. The van der Waals surface area contributed by atoms with Gasteiger partial charge in [-0.3, -0.25) is 4.99 Å². The monoisotopic (exact) mass is 312 g/mol. The number of aliphatic hydroxyl groups is 1. The van der Waals surface area contributed by atoms with E-state index < -0.39 is 6.10 Å². The lowest BCUT2D eigenvalue weighted by Crippen LogP contribution is -2.46. The van der Waals surface area contributed by atoms with Gasteiger partial charge in [-0.2, -0.15) is 0 Å². The molecule has 2 atom stereocenters. The van der Waals surface area contributed by atoms with Crippen molar-refractivity contribution in [2.75, 3.05) is 25.3 Å². The van der Waals surface area contributed by atoms with Gasteiger partial charge in [0.2, 0.25) is 0 Å². The average Bonchev–Trinajstić information content (AvgIpc) is 2.36. The molecule has 0 rings (SSSR count). The van der Waals surface area contributed by atoms with Crippen LogP contribution in [0.4, 0.5) is 0 Å². The first kappa shape index (κ1) is 18.2. The molecule has 0 aliphatic carbocycles. The Kier molecular flexibility index (Phi) is 9.32. The summed E-state index contributed by atoms with van der Waals surface area (Å²) in [5.74, 6) is 0.0933. The summed E-state index contributed by atoms with van der Waals surface area (Å²) in [6.45, 7) is 0.549. The third-order valence-electron chi connectivity index (χ3n) is 2.61. The molecule has 0 spiro atoms. The third-order valence-corrected chi connectivity index (χ3v) is 8.04. The number of guanidine groups is 1. The fourth-order valence-corrected chi connectivity index (χ4v) is 4.82. The number of aliphatic hydroxyl groups excluding tert-OH is 1. The van der Waals surface area contributed by atoms with Crippen LogP contribution in [0.15, 0.2) is 4.99 Å². The van der Waals surface area contributed by atoms with Crippen LogP contribution in [0.2, 0.25) is 0 Å². The van der Waals surface area contributed by atoms with Gasteiger partial charge in [0.15, 0.2) is 5.96 Å². The van der Waals surface area contributed by atoms with E-state index in [4.69, 9.17) is 17.2 Å². The van der Waals surface area contributed by atoms with Crippen LogP contribution in [-0.4, -0.2) is 51.9 Å². The van der Waals surface area contributed by atoms with E-state index in [1.165, 1.54) is 0 Å². The van der Waals surface area contributed by atoms with Gasteiger partial charge in [-0.15, -0.1) is 35.3 Å². The minimum Gasteiger partial charge on any atom is -0.388 e. The van der Waals surface area contributed by atoms with Gasteiger partial charge in [0.05, 0.1) is 0 Å². The summed E-state index contributed by atoms with van der Waals surface area (Å²) in [7, 11) is 0. The number of nitrogens with zero attached hydrogens (tertiary/aromatic N) is 1. The standard InChI is InChI=1S/C10H24N4OS3/c1-16-10(17-2,18-3)8(15)7(11)5-4-6-14-9(12)13/h7-8,15H,4-6,11H2,1-3H3,(H4,12,13,14)/t7-,8?/m0/s1. The zero-order valence-corrected chi connectivity index (χ0v) is 13.6. The molecule has 0 aliphatic rings. The van der Waals surface area contributed by atoms with Gasteiger partial charge in [0.1, 0.15) is 9.52 Å². The number of thioether (sulfide) groups is 3. The Morgan fingerprint density at radius 3 is 2.11 bits per heavy atom. The van der Waals surface area contributed by atoms with E-state index in [1.807, 2.05) is 18.8 Å². The molecule has 0 bridgehead atoms. The van der Waals surface area contributed by atoms with Gasteiger partial charge in [0.25, 0.3) is 0 Å². The second-order valence-corrected chi connectivity index (χ2v) is 7.71. The molecule has 0 aromatic rings. The fourth-order valence-electron chi connectivity index (χ4n) is 1.57. The van der Waals surface area contributed by atoms with Crippen LogP contribution in [0.3, 0.4) is 0 Å². The molecular weight excluding hydrogens is 288 g/mol. The van der Waals surface area contributed by atoms with Crippen LogP contribution >= 0.6 is 35.3 Å². The Hall–Kier alpha value is 0.240. The molecule has 1 unspecified atom stereocenters. The van der Waals surface area contributed by atoms with Gasteiger partial charge in [-0.05, 0) is 31.6 Å². The van der Waals surface area contributed by atoms with E-state index >= 15 is 0 Å². The normalized spacial score (nSPS) is 15.2. The molecule has 0 heterocycles. The number of rotatable bonds is 9. The first-order valence-electron chi connectivity index (χ1n) is 5.58. The Bertz CT molecular complexity index is 249. The van der Waals surface area contributed by atoms with E-state index in [-0.39, 0.29) is 15.4 Å². The summed E-state index contributed by atoms with van der Waals surface area (Å²) in [6.07, 6.45) is 6.86. The molecule has 0 radical (unpaired) electrons. The molecule has 0 saturated heterocycles. The molecule has 0 aliphatic heterocycles. The van der Waals surface area contributed by atoms with E-state index in [0.717, 1.165) is 6.42 Å². The summed E-state index contributed by atoms with van der Waals surface area (Å²) in [4.78, 5) is 3.90. The lowest BCUT2D eigenvalue weighted by atomic mass is 10.1. The van der Waals surface area contributed by atoms with E-state index in [9.17, 15) is 5.11 Å². The van der Waals surface area contributed by atoms with Crippen molar-refractivity contribution >= 4 is 41.2 Å². The van der Waals surface area contributed by atoms with Gasteiger partial charge in [-0.25, -0.2) is 0 Å². The second-order valence-electron chi connectivity index (χ2n) is 3.77. The van der Waals surface area contributed by atoms with Gasteiger partial charge >= 0.3 is 0 Å². The van der Waals surface area contributed by atoms with Gasteiger partial charge < -0.3 is 22.3 Å². The van der Waals surface area contributed by atoms with Crippen molar-refractivity contribution in [3.05, 3.63) is 0 Å². The highest BCUT2D eigenvalue weighted by Crippen LogP contribution is 2.46. The average molecular weight is 313 g/mol. The highest BCUT2D eigenvalue weighted by Gasteiger charge is 2.39.